The predicted octanol–water partition coefficient (Wildman–Crippen LogP) is 2.98. The first-order valence-electron chi connectivity index (χ1n) is 14.2. The Bertz CT molecular complexity index is 857. The number of primary amides is 1. The lowest BCUT2D eigenvalue weighted by Crippen LogP contribution is -2.56. The molecule has 2 aliphatic carbocycles. The second-order valence-corrected chi connectivity index (χ2v) is 11.9. The summed E-state index contributed by atoms with van der Waals surface area (Å²) in [5.41, 5.74) is 5.56. The van der Waals surface area contributed by atoms with Gasteiger partial charge in [-0.3, -0.25) is 4.79 Å². The van der Waals surface area contributed by atoms with Crippen molar-refractivity contribution in [2.24, 2.45) is 29.4 Å². The van der Waals surface area contributed by atoms with Crippen LogP contribution < -0.4 is 16.4 Å². The first-order valence-corrected chi connectivity index (χ1v) is 14.2. The van der Waals surface area contributed by atoms with E-state index in [9.17, 15) is 9.18 Å². The Morgan fingerprint density at radius 1 is 1.19 bits per heavy atom. The Labute approximate surface area is 221 Å². The van der Waals surface area contributed by atoms with Gasteiger partial charge in [0.2, 0.25) is 5.91 Å². The molecule has 0 aromatic carbocycles. The zero-order chi connectivity index (χ0) is 26.5. The molecule has 1 aromatic rings. The Morgan fingerprint density at radius 3 is 2.54 bits per heavy atom. The van der Waals surface area contributed by atoms with Gasteiger partial charge < -0.3 is 30.4 Å². The van der Waals surface area contributed by atoms with E-state index in [1.807, 2.05) is 13.1 Å². The highest BCUT2D eigenvalue weighted by molar-refractivity contribution is 5.77. The van der Waals surface area contributed by atoms with Crippen molar-refractivity contribution in [3.05, 3.63) is 18.2 Å². The molecule has 8 nitrogen and oxygen atoms in total. The molecule has 0 radical (unpaired) electrons. The summed E-state index contributed by atoms with van der Waals surface area (Å²) in [7, 11) is 3.59. The standard InChI is InChI=1S/C28H48FN5O3/c1-17(21-11-23(36-3)14-24(12-21)37-4)32-15-22-9-19(16-34-8-7-31-18(34)2)10-27(33-22)20-5-6-26(29)25(13-20)28(30)35/h7-8,17,19-27,32-33H,5-6,9-16H2,1-4H3,(H2,30,35). The zero-order valence-electron chi connectivity index (χ0n) is 23.1. The summed E-state index contributed by atoms with van der Waals surface area (Å²) in [6.45, 7) is 6.13. The third-order valence-corrected chi connectivity index (χ3v) is 9.49. The number of alkyl halides is 1. The minimum atomic E-state index is -1.11. The number of rotatable bonds is 10. The number of hydrogen-bond donors (Lipinski definition) is 3. The Balaban J connectivity index is 1.40. The SMILES string of the molecule is COC1CC(OC)CC(C(C)NCC2CC(Cn3ccnc3C)CC(C3CCC(F)C(C(N)=O)C3)N2)C1. The van der Waals surface area contributed by atoms with E-state index in [4.69, 9.17) is 15.2 Å². The van der Waals surface area contributed by atoms with Crippen LogP contribution in [0, 0.1) is 30.6 Å². The van der Waals surface area contributed by atoms with Crippen molar-refractivity contribution >= 4 is 5.91 Å². The van der Waals surface area contributed by atoms with Crippen molar-refractivity contribution in [3.63, 3.8) is 0 Å². The van der Waals surface area contributed by atoms with Gasteiger partial charge in [-0.25, -0.2) is 9.37 Å². The highest BCUT2D eigenvalue weighted by Gasteiger charge is 2.40. The fraction of sp³-hybridized carbons (Fsp3) is 0.857. The molecule has 9 unspecified atom stereocenters. The van der Waals surface area contributed by atoms with E-state index in [2.05, 4.69) is 33.3 Å². The molecule has 9 atom stereocenters. The maximum absolute atomic E-state index is 14.4. The summed E-state index contributed by atoms with van der Waals surface area (Å²) >= 11 is 0. The van der Waals surface area contributed by atoms with Gasteiger partial charge >= 0.3 is 0 Å². The number of imidazole rings is 1. The van der Waals surface area contributed by atoms with E-state index < -0.39 is 18.0 Å². The van der Waals surface area contributed by atoms with E-state index in [0.717, 1.165) is 57.4 Å². The molecule has 1 aromatic heterocycles. The fourth-order valence-corrected chi connectivity index (χ4v) is 7.16. The topological polar surface area (TPSA) is 103 Å². The maximum Gasteiger partial charge on any atom is 0.223 e. The number of carbonyl (C=O) groups excluding carboxylic acids is 1. The number of hydrogen-bond acceptors (Lipinski definition) is 6. The van der Waals surface area contributed by atoms with Gasteiger partial charge in [0, 0.05) is 57.8 Å². The van der Waals surface area contributed by atoms with E-state index in [-0.39, 0.29) is 24.2 Å². The van der Waals surface area contributed by atoms with Gasteiger partial charge in [-0.2, -0.15) is 0 Å². The number of nitrogens with zero attached hydrogens (tertiary/aromatic N) is 2. The normalized spacial score (nSPS) is 37.8. The summed E-state index contributed by atoms with van der Waals surface area (Å²) in [6, 6.07) is 0.919. The number of methoxy groups -OCH3 is 2. The summed E-state index contributed by atoms with van der Waals surface area (Å²) in [6.07, 6.45) is 10.2. The molecule has 1 aliphatic heterocycles. The number of aryl methyl sites for hydroxylation is 1. The lowest BCUT2D eigenvalue weighted by molar-refractivity contribution is -0.125. The lowest BCUT2D eigenvalue weighted by Gasteiger charge is -2.44. The van der Waals surface area contributed by atoms with Gasteiger partial charge in [-0.05, 0) is 83.0 Å². The van der Waals surface area contributed by atoms with Crippen LogP contribution in [0.3, 0.4) is 0 Å². The molecule has 3 aliphatic rings. The van der Waals surface area contributed by atoms with Gasteiger partial charge in [0.25, 0.3) is 0 Å². The average molecular weight is 522 g/mol. The number of nitrogens with one attached hydrogen (secondary N) is 2. The van der Waals surface area contributed by atoms with Crippen LogP contribution in [-0.4, -0.2) is 72.7 Å². The maximum atomic E-state index is 14.4. The molecular weight excluding hydrogens is 473 g/mol. The first-order chi connectivity index (χ1) is 17.8. The molecule has 2 saturated carbocycles. The monoisotopic (exact) mass is 521 g/mol. The Kier molecular flexibility index (Phi) is 10.00. The van der Waals surface area contributed by atoms with Crippen molar-refractivity contribution in [2.75, 3.05) is 20.8 Å². The number of carbonyl (C=O) groups is 1. The minimum Gasteiger partial charge on any atom is -0.381 e. The Hall–Kier alpha value is -1.55. The third kappa shape index (κ3) is 7.31. The van der Waals surface area contributed by atoms with Crippen molar-refractivity contribution in [2.45, 2.75) is 108 Å². The predicted molar refractivity (Wildman–Crippen MR) is 142 cm³/mol. The van der Waals surface area contributed by atoms with Gasteiger partial charge in [-0.15, -0.1) is 0 Å². The van der Waals surface area contributed by atoms with E-state index in [1.165, 1.54) is 0 Å². The summed E-state index contributed by atoms with van der Waals surface area (Å²) in [4.78, 5) is 16.3. The zero-order valence-corrected chi connectivity index (χ0v) is 23.1. The molecule has 3 fully saturated rings. The highest BCUT2D eigenvalue weighted by atomic mass is 19.1. The molecule has 4 rings (SSSR count). The minimum absolute atomic E-state index is 0.247. The van der Waals surface area contributed by atoms with E-state index in [1.54, 1.807) is 14.2 Å². The first kappa shape index (κ1) is 28.5. The van der Waals surface area contributed by atoms with Gasteiger partial charge in [0.15, 0.2) is 0 Å². The number of halogens is 1. The number of amides is 1. The van der Waals surface area contributed by atoms with E-state index >= 15 is 0 Å². The van der Waals surface area contributed by atoms with Crippen molar-refractivity contribution in [1.82, 2.24) is 20.2 Å². The van der Waals surface area contributed by atoms with Crippen LogP contribution in [0.15, 0.2) is 12.4 Å². The third-order valence-electron chi connectivity index (χ3n) is 9.49. The highest BCUT2D eigenvalue weighted by Crippen LogP contribution is 2.37. The van der Waals surface area contributed by atoms with Crippen LogP contribution in [0.4, 0.5) is 4.39 Å². The van der Waals surface area contributed by atoms with Crippen LogP contribution in [0.2, 0.25) is 0 Å². The molecule has 210 valence electrons. The smallest absolute Gasteiger partial charge is 0.223 e. The fourth-order valence-electron chi connectivity index (χ4n) is 7.16. The number of nitrogens with two attached hydrogens (primary N) is 1. The van der Waals surface area contributed by atoms with Crippen molar-refractivity contribution in [1.29, 1.82) is 0 Å². The number of aromatic nitrogens is 2. The molecule has 0 spiro atoms. The molecule has 2 heterocycles. The molecular formula is C28H48FN5O3. The quantitative estimate of drug-likeness (QED) is 0.437. The van der Waals surface area contributed by atoms with Gasteiger partial charge in [0.05, 0.1) is 18.1 Å². The van der Waals surface area contributed by atoms with Crippen LogP contribution >= 0.6 is 0 Å². The van der Waals surface area contributed by atoms with Crippen molar-refractivity contribution < 1.29 is 18.7 Å². The molecule has 0 bridgehead atoms. The summed E-state index contributed by atoms with van der Waals surface area (Å²) < 4.78 is 28.1. The van der Waals surface area contributed by atoms with Crippen molar-refractivity contribution in [3.8, 4) is 0 Å². The molecule has 4 N–H and O–H groups in total. The van der Waals surface area contributed by atoms with Crippen LogP contribution in [0.5, 0.6) is 0 Å². The molecule has 1 saturated heterocycles. The van der Waals surface area contributed by atoms with Gasteiger partial charge in [0.1, 0.15) is 12.0 Å². The molecule has 37 heavy (non-hydrogen) atoms. The average Bonchev–Trinajstić information content (AvgIpc) is 3.30. The second-order valence-electron chi connectivity index (χ2n) is 11.9. The molecule has 1 amide bonds. The Morgan fingerprint density at radius 2 is 1.92 bits per heavy atom. The number of piperidine rings is 1. The van der Waals surface area contributed by atoms with Gasteiger partial charge in [-0.1, -0.05) is 0 Å². The largest absolute Gasteiger partial charge is 0.381 e. The lowest BCUT2D eigenvalue weighted by atomic mass is 9.72. The summed E-state index contributed by atoms with van der Waals surface area (Å²) in [5.74, 6) is 1.12. The second kappa shape index (κ2) is 13.0. The van der Waals surface area contributed by atoms with Crippen LogP contribution in [0.25, 0.3) is 0 Å². The summed E-state index contributed by atoms with van der Waals surface area (Å²) in [5, 5.41) is 7.74. The van der Waals surface area contributed by atoms with Crippen LogP contribution in [-0.2, 0) is 20.8 Å². The van der Waals surface area contributed by atoms with E-state index in [0.29, 0.717) is 36.8 Å². The number of ether oxygens (including phenoxy) is 2. The van der Waals surface area contributed by atoms with Crippen LogP contribution in [0.1, 0.15) is 64.1 Å². The molecule has 9 heteroatoms.